The maximum Gasteiger partial charge on any atom is 0.435 e. The van der Waals surface area contributed by atoms with Crippen molar-refractivity contribution in [2.75, 3.05) is 13.1 Å². The van der Waals surface area contributed by atoms with Crippen molar-refractivity contribution in [2.45, 2.75) is 45.8 Å². The van der Waals surface area contributed by atoms with Crippen molar-refractivity contribution >= 4 is 11.6 Å². The molecular weight excluding hydrogens is 409 g/mol. The molecular formula is C22H25F3N4O2. The normalized spacial score (nSPS) is 15.1. The number of hydrogen-bond acceptors (Lipinski definition) is 3. The number of hydrogen-bond donors (Lipinski definition) is 0. The molecule has 0 aromatic carbocycles. The Balaban J connectivity index is 1.79. The quantitative estimate of drug-likeness (QED) is 0.489. The van der Waals surface area contributed by atoms with Crippen LogP contribution in [0, 0.1) is 0 Å². The Morgan fingerprint density at radius 2 is 1.90 bits per heavy atom. The van der Waals surface area contributed by atoms with Crippen LogP contribution in [0.1, 0.15) is 48.4 Å². The van der Waals surface area contributed by atoms with Gasteiger partial charge in [0, 0.05) is 37.5 Å². The molecule has 166 valence electrons. The lowest BCUT2D eigenvalue weighted by atomic mass is 10.0. The van der Waals surface area contributed by atoms with Gasteiger partial charge in [-0.1, -0.05) is 18.2 Å². The van der Waals surface area contributed by atoms with E-state index in [1.165, 1.54) is 6.07 Å². The van der Waals surface area contributed by atoms with Crippen molar-refractivity contribution < 1.29 is 18.0 Å². The molecule has 0 radical (unpaired) electrons. The fourth-order valence-electron chi connectivity index (χ4n) is 3.72. The van der Waals surface area contributed by atoms with E-state index < -0.39 is 17.8 Å². The molecule has 0 saturated carbocycles. The first-order chi connectivity index (χ1) is 14.8. The summed E-state index contributed by atoms with van der Waals surface area (Å²) in [7, 11) is 0. The topological polar surface area (TPSA) is 60.1 Å². The lowest BCUT2D eigenvalue weighted by molar-refractivity contribution is -0.142. The molecule has 0 bridgehead atoms. The van der Waals surface area contributed by atoms with Crippen molar-refractivity contribution in [1.29, 1.82) is 0 Å². The van der Waals surface area contributed by atoms with E-state index in [1.807, 2.05) is 0 Å². The maximum atomic E-state index is 13.5. The Morgan fingerprint density at radius 3 is 2.55 bits per heavy atom. The number of carbonyl (C=O) groups is 1. The summed E-state index contributed by atoms with van der Waals surface area (Å²) in [6, 6.07) is 4.94. The fourth-order valence-corrected chi connectivity index (χ4v) is 3.72. The molecule has 6 nitrogen and oxygen atoms in total. The van der Waals surface area contributed by atoms with Crippen LogP contribution in [0.15, 0.2) is 47.4 Å². The Kier molecular flexibility index (Phi) is 6.82. The second-order valence-electron chi connectivity index (χ2n) is 7.28. The van der Waals surface area contributed by atoms with E-state index in [0.717, 1.165) is 4.68 Å². The molecule has 2 aromatic heterocycles. The van der Waals surface area contributed by atoms with Gasteiger partial charge < -0.3 is 9.47 Å². The highest BCUT2D eigenvalue weighted by Crippen LogP contribution is 2.36. The third-order valence-electron chi connectivity index (χ3n) is 5.23. The number of rotatable bonds is 7. The van der Waals surface area contributed by atoms with Gasteiger partial charge in [0.25, 0.3) is 5.91 Å². The molecule has 0 unspecified atom stereocenters. The van der Waals surface area contributed by atoms with E-state index >= 15 is 0 Å². The molecule has 0 spiro atoms. The molecule has 0 aliphatic carbocycles. The van der Waals surface area contributed by atoms with Crippen LogP contribution in [0.4, 0.5) is 13.2 Å². The van der Waals surface area contributed by atoms with Gasteiger partial charge in [0.2, 0.25) is 5.56 Å². The number of pyridine rings is 1. The van der Waals surface area contributed by atoms with Crippen molar-refractivity contribution in [3.63, 3.8) is 0 Å². The van der Waals surface area contributed by atoms with Crippen LogP contribution in [0.25, 0.3) is 5.70 Å². The molecule has 0 fully saturated rings. The molecule has 3 heterocycles. The molecule has 9 heteroatoms. The van der Waals surface area contributed by atoms with E-state index in [0.29, 0.717) is 31.6 Å². The first kappa shape index (κ1) is 22.6. The number of carbonyl (C=O) groups excluding carboxylic acids is 1. The fraction of sp³-hybridized carbons (Fsp3) is 0.409. The number of allylic oxidation sites excluding steroid dienone is 4. The van der Waals surface area contributed by atoms with E-state index in [-0.39, 0.29) is 29.8 Å². The number of halogens is 3. The van der Waals surface area contributed by atoms with Crippen molar-refractivity contribution in [3.8, 4) is 0 Å². The number of amides is 1. The van der Waals surface area contributed by atoms with Gasteiger partial charge in [0.05, 0.1) is 5.70 Å². The smallest absolute Gasteiger partial charge is 0.337 e. The average molecular weight is 434 g/mol. The summed E-state index contributed by atoms with van der Waals surface area (Å²) in [5.41, 5.74) is -0.749. The van der Waals surface area contributed by atoms with Crippen LogP contribution in [0.3, 0.4) is 0 Å². The predicted octanol–water partition coefficient (Wildman–Crippen LogP) is 3.98. The van der Waals surface area contributed by atoms with Gasteiger partial charge in [-0.3, -0.25) is 9.59 Å². The highest BCUT2D eigenvalue weighted by atomic mass is 19.4. The molecule has 1 amide bonds. The van der Waals surface area contributed by atoms with Crippen molar-refractivity contribution in [2.24, 2.45) is 0 Å². The first-order valence-electron chi connectivity index (χ1n) is 10.2. The van der Waals surface area contributed by atoms with Gasteiger partial charge in [-0.15, -0.1) is 0 Å². The average Bonchev–Trinajstić information content (AvgIpc) is 3.13. The van der Waals surface area contributed by atoms with Crippen LogP contribution < -0.4 is 5.56 Å². The van der Waals surface area contributed by atoms with Gasteiger partial charge in [0.1, 0.15) is 5.69 Å². The minimum atomic E-state index is -4.63. The zero-order valence-electron chi connectivity index (χ0n) is 17.5. The molecule has 1 aliphatic heterocycles. The summed E-state index contributed by atoms with van der Waals surface area (Å²) in [4.78, 5) is 26.4. The highest BCUT2D eigenvalue weighted by Gasteiger charge is 2.43. The second kappa shape index (κ2) is 9.36. The van der Waals surface area contributed by atoms with Gasteiger partial charge in [0.15, 0.2) is 5.69 Å². The number of alkyl halides is 3. The second-order valence-corrected chi connectivity index (χ2v) is 7.28. The number of nitrogens with zero attached hydrogens (tertiary/aromatic N) is 4. The molecule has 0 N–H and O–H groups in total. The number of aryl methyl sites for hydroxylation is 1. The number of fused-ring (bicyclic) bond motifs is 1. The van der Waals surface area contributed by atoms with Crippen LogP contribution >= 0.6 is 0 Å². The molecule has 2 aromatic rings. The Hall–Kier alpha value is -3.10. The number of unbranched alkanes of at least 4 members (excludes halogenated alkanes) is 1. The number of aromatic nitrogens is 3. The summed E-state index contributed by atoms with van der Waals surface area (Å²) >= 11 is 0. The Labute approximate surface area is 178 Å². The van der Waals surface area contributed by atoms with Gasteiger partial charge in [-0.25, -0.2) is 4.68 Å². The third-order valence-corrected chi connectivity index (χ3v) is 5.23. The SMILES string of the molecule is C/C=C\C(=C/C)n1nc(C(F)(F)F)c2c1C(=O)N(CCCCn1ccccc1=O)CC2. The van der Waals surface area contributed by atoms with Crippen molar-refractivity contribution in [1.82, 2.24) is 19.2 Å². The molecule has 0 atom stereocenters. The van der Waals surface area contributed by atoms with E-state index in [2.05, 4.69) is 5.10 Å². The van der Waals surface area contributed by atoms with E-state index in [9.17, 15) is 22.8 Å². The minimum Gasteiger partial charge on any atom is -0.337 e. The monoisotopic (exact) mass is 434 g/mol. The molecule has 1 aliphatic rings. The van der Waals surface area contributed by atoms with Gasteiger partial charge in [-0.05, 0) is 45.3 Å². The highest BCUT2D eigenvalue weighted by molar-refractivity contribution is 5.96. The summed E-state index contributed by atoms with van der Waals surface area (Å²) in [6.45, 7) is 4.57. The lowest BCUT2D eigenvalue weighted by Gasteiger charge is -2.28. The van der Waals surface area contributed by atoms with Crippen LogP contribution in [-0.2, 0) is 19.1 Å². The third kappa shape index (κ3) is 4.81. The Morgan fingerprint density at radius 1 is 1.16 bits per heavy atom. The maximum absolute atomic E-state index is 13.5. The Bertz CT molecular complexity index is 1060. The lowest BCUT2D eigenvalue weighted by Crippen LogP contribution is -2.39. The standard InChI is InChI=1S/C22H25F3N4O2/c1-3-9-16(4-2)29-19-17(20(26-29)22(23,24)25)11-15-28(21(19)31)14-8-7-13-27-12-6-5-10-18(27)30/h3-6,9-10,12H,7-8,11,13-15H2,1-2H3/b9-3-,16-4+. The summed E-state index contributed by atoms with van der Waals surface area (Å²) < 4.78 is 43.3. The van der Waals surface area contributed by atoms with Crippen LogP contribution in [0.5, 0.6) is 0 Å². The molecule has 31 heavy (non-hydrogen) atoms. The zero-order chi connectivity index (χ0) is 22.6. The van der Waals surface area contributed by atoms with Crippen LogP contribution in [0.2, 0.25) is 0 Å². The zero-order valence-corrected chi connectivity index (χ0v) is 17.5. The largest absolute Gasteiger partial charge is 0.435 e. The molecule has 3 rings (SSSR count). The summed E-state index contributed by atoms with van der Waals surface area (Å²) in [5.74, 6) is -0.454. The molecule has 0 saturated heterocycles. The van der Waals surface area contributed by atoms with E-state index in [4.69, 9.17) is 0 Å². The van der Waals surface area contributed by atoms with E-state index in [1.54, 1.807) is 59.9 Å². The van der Waals surface area contributed by atoms with Crippen LogP contribution in [-0.4, -0.2) is 38.2 Å². The first-order valence-corrected chi connectivity index (χ1v) is 10.2. The van der Waals surface area contributed by atoms with Gasteiger partial charge >= 0.3 is 6.18 Å². The predicted molar refractivity (Wildman–Crippen MR) is 112 cm³/mol. The summed E-state index contributed by atoms with van der Waals surface area (Å²) in [6.07, 6.45) is 3.41. The van der Waals surface area contributed by atoms with Gasteiger partial charge in [-0.2, -0.15) is 18.3 Å². The van der Waals surface area contributed by atoms with Crippen molar-refractivity contribution in [3.05, 3.63) is 69.9 Å². The summed E-state index contributed by atoms with van der Waals surface area (Å²) in [5, 5.41) is 3.77. The minimum absolute atomic E-state index is 0.0240.